The van der Waals surface area contributed by atoms with Gasteiger partial charge in [0, 0.05) is 0 Å². The van der Waals surface area contributed by atoms with Crippen LogP contribution in [0.15, 0.2) is 11.6 Å². The van der Waals surface area contributed by atoms with Gasteiger partial charge in [0.1, 0.15) is 11.0 Å². The molecule has 1 saturated heterocycles. The minimum Gasteiger partial charge on any atom is -0.296 e. The van der Waals surface area contributed by atoms with Gasteiger partial charge in [0.05, 0.1) is 0 Å². The van der Waals surface area contributed by atoms with Gasteiger partial charge in [0.2, 0.25) is 0 Å². The van der Waals surface area contributed by atoms with E-state index in [2.05, 4.69) is 19.9 Å². The van der Waals surface area contributed by atoms with Crippen LogP contribution in [0.5, 0.6) is 0 Å². The average molecular weight is 333 g/mol. The maximum atomic E-state index is 13.4. The molecule has 4 heteroatoms. The number of hydroxylamine groups is 2. The third-order valence-electron chi connectivity index (χ3n) is 6.68. The molecule has 4 nitrogen and oxygen atoms in total. The predicted molar refractivity (Wildman–Crippen MR) is 92.5 cm³/mol. The molecule has 24 heavy (non-hydrogen) atoms. The van der Waals surface area contributed by atoms with E-state index >= 15 is 0 Å². The van der Waals surface area contributed by atoms with Crippen molar-refractivity contribution in [3.8, 4) is 0 Å². The Balaban J connectivity index is 1.81. The molecule has 1 N–H and O–H groups in total. The number of carbonyl (C=O) groups excluding carboxylic acids is 2. The lowest BCUT2D eigenvalue weighted by Gasteiger charge is -2.36. The molecule has 0 bridgehead atoms. The van der Waals surface area contributed by atoms with Crippen LogP contribution in [-0.4, -0.2) is 27.5 Å². The van der Waals surface area contributed by atoms with Crippen LogP contribution in [0.3, 0.4) is 0 Å². The Morgan fingerprint density at radius 1 is 1.17 bits per heavy atom. The fraction of sp³-hybridized carbons (Fsp3) is 0.800. The molecule has 1 saturated carbocycles. The highest BCUT2D eigenvalue weighted by atomic mass is 16.5. The van der Waals surface area contributed by atoms with E-state index in [1.165, 1.54) is 12.0 Å². The minimum absolute atomic E-state index is 0.00393. The molecule has 1 aliphatic heterocycles. The van der Waals surface area contributed by atoms with E-state index in [-0.39, 0.29) is 11.7 Å². The van der Waals surface area contributed by atoms with Crippen LogP contribution in [0.4, 0.5) is 0 Å². The first-order valence-electron chi connectivity index (χ1n) is 9.76. The van der Waals surface area contributed by atoms with Crippen LogP contribution in [0.1, 0.15) is 84.5 Å². The smallest absolute Gasteiger partial charge is 0.260 e. The summed E-state index contributed by atoms with van der Waals surface area (Å²) in [5.41, 5.74) is -0.551. The molecular formula is C20H31NO3. The van der Waals surface area contributed by atoms with Crippen molar-refractivity contribution in [3.05, 3.63) is 11.6 Å². The Bertz CT molecular complexity index is 545. The zero-order valence-electron chi connectivity index (χ0n) is 15.1. The normalized spacial score (nSPS) is 36.7. The molecule has 2 spiro atoms. The lowest BCUT2D eigenvalue weighted by atomic mass is 9.64. The van der Waals surface area contributed by atoms with Gasteiger partial charge in [-0.1, -0.05) is 44.8 Å². The Kier molecular flexibility index (Phi) is 4.87. The second-order valence-electron chi connectivity index (χ2n) is 8.11. The maximum Gasteiger partial charge on any atom is 0.260 e. The first-order chi connectivity index (χ1) is 11.5. The summed E-state index contributed by atoms with van der Waals surface area (Å²) in [5.74, 6) is 0.311. The second-order valence-corrected chi connectivity index (χ2v) is 8.11. The highest BCUT2D eigenvalue weighted by Gasteiger charge is 2.66. The Morgan fingerprint density at radius 2 is 1.88 bits per heavy atom. The molecule has 1 amide bonds. The van der Waals surface area contributed by atoms with Crippen LogP contribution >= 0.6 is 0 Å². The van der Waals surface area contributed by atoms with Gasteiger partial charge < -0.3 is 0 Å². The molecule has 1 unspecified atom stereocenters. The summed E-state index contributed by atoms with van der Waals surface area (Å²) < 4.78 is 0. The molecule has 0 aromatic rings. The minimum atomic E-state index is -0.980. The fourth-order valence-electron chi connectivity index (χ4n) is 5.18. The molecule has 0 aromatic heterocycles. The van der Waals surface area contributed by atoms with Crippen molar-refractivity contribution >= 4 is 11.7 Å². The van der Waals surface area contributed by atoms with Gasteiger partial charge in [0.25, 0.3) is 5.91 Å². The molecule has 1 heterocycles. The average Bonchev–Trinajstić information content (AvgIpc) is 2.74. The Morgan fingerprint density at radius 3 is 2.42 bits per heavy atom. The van der Waals surface area contributed by atoms with Crippen molar-refractivity contribution in [2.75, 3.05) is 0 Å². The first kappa shape index (κ1) is 17.7. The molecule has 2 aliphatic carbocycles. The number of Topliss-reactive ketones (excluding diaryl/α,β-unsaturated/α-hetero) is 1. The number of hydrogen-bond donors (Lipinski definition) is 1. The largest absolute Gasteiger partial charge is 0.296 e. The molecule has 3 aliphatic rings. The molecule has 134 valence electrons. The van der Waals surface area contributed by atoms with Crippen LogP contribution in [0.2, 0.25) is 0 Å². The van der Waals surface area contributed by atoms with E-state index in [1.54, 1.807) is 0 Å². The third kappa shape index (κ3) is 2.54. The van der Waals surface area contributed by atoms with E-state index in [0.717, 1.165) is 43.6 Å². The molecular weight excluding hydrogens is 302 g/mol. The van der Waals surface area contributed by atoms with Gasteiger partial charge in [-0.15, -0.1) is 0 Å². The van der Waals surface area contributed by atoms with Crippen molar-refractivity contribution < 1.29 is 14.8 Å². The van der Waals surface area contributed by atoms with E-state index in [4.69, 9.17) is 0 Å². The van der Waals surface area contributed by atoms with Gasteiger partial charge in [0.15, 0.2) is 5.78 Å². The number of allylic oxidation sites excluding steroid dienone is 1. The number of carbonyl (C=O) groups is 2. The SMILES string of the molecule is CCCC1=CCC2(CC1)C(=O)C1(CCC(CCC)CC1)C(=O)N2O. The zero-order valence-corrected chi connectivity index (χ0v) is 15.1. The number of nitrogens with zero attached hydrogens (tertiary/aromatic N) is 1. The maximum absolute atomic E-state index is 13.4. The van der Waals surface area contributed by atoms with Crippen molar-refractivity contribution in [1.29, 1.82) is 0 Å². The topological polar surface area (TPSA) is 57.6 Å². The number of amides is 1. The summed E-state index contributed by atoms with van der Waals surface area (Å²) >= 11 is 0. The third-order valence-corrected chi connectivity index (χ3v) is 6.68. The van der Waals surface area contributed by atoms with E-state index in [9.17, 15) is 14.8 Å². The molecule has 2 fully saturated rings. The van der Waals surface area contributed by atoms with Crippen LogP contribution in [0, 0.1) is 11.3 Å². The van der Waals surface area contributed by atoms with Crippen molar-refractivity contribution in [1.82, 2.24) is 5.06 Å². The quantitative estimate of drug-likeness (QED) is 0.471. The first-order valence-corrected chi connectivity index (χ1v) is 9.76. The van der Waals surface area contributed by atoms with E-state index < -0.39 is 11.0 Å². The van der Waals surface area contributed by atoms with Gasteiger partial charge in [-0.05, 0) is 57.3 Å². The van der Waals surface area contributed by atoms with Crippen LogP contribution < -0.4 is 0 Å². The van der Waals surface area contributed by atoms with Crippen molar-refractivity contribution in [2.24, 2.45) is 11.3 Å². The fourth-order valence-corrected chi connectivity index (χ4v) is 5.18. The standard InChI is InChI=1S/C20H31NO3/c1-3-5-15-7-11-19(12-8-15)17(22)20(21(24)18(19)23)13-9-16(6-4-2)10-14-20/h9,15,24H,3-8,10-14H2,1-2H3. The lowest BCUT2D eigenvalue weighted by Crippen LogP contribution is -2.49. The summed E-state index contributed by atoms with van der Waals surface area (Å²) in [6, 6.07) is 0. The molecule has 3 rings (SSSR count). The Labute approximate surface area is 145 Å². The second kappa shape index (κ2) is 6.62. The van der Waals surface area contributed by atoms with E-state index in [0.29, 0.717) is 31.6 Å². The highest BCUT2D eigenvalue weighted by molar-refractivity contribution is 6.16. The molecule has 0 radical (unpaired) electrons. The van der Waals surface area contributed by atoms with Gasteiger partial charge in [-0.2, -0.15) is 0 Å². The summed E-state index contributed by atoms with van der Waals surface area (Å²) in [6.45, 7) is 4.33. The summed E-state index contributed by atoms with van der Waals surface area (Å²) in [4.78, 5) is 26.2. The Hall–Kier alpha value is -1.16. The summed E-state index contributed by atoms with van der Waals surface area (Å²) in [7, 11) is 0. The summed E-state index contributed by atoms with van der Waals surface area (Å²) in [6.07, 6.45) is 11.6. The van der Waals surface area contributed by atoms with Crippen LogP contribution in [0.25, 0.3) is 0 Å². The van der Waals surface area contributed by atoms with Gasteiger partial charge in [-0.3, -0.25) is 14.8 Å². The van der Waals surface area contributed by atoms with Crippen LogP contribution in [-0.2, 0) is 9.59 Å². The highest BCUT2D eigenvalue weighted by Crippen LogP contribution is 2.53. The van der Waals surface area contributed by atoms with E-state index in [1.807, 2.05) is 0 Å². The van der Waals surface area contributed by atoms with Crippen molar-refractivity contribution in [3.63, 3.8) is 0 Å². The predicted octanol–water partition coefficient (Wildman–Crippen LogP) is 4.41. The van der Waals surface area contributed by atoms with Gasteiger partial charge >= 0.3 is 0 Å². The monoisotopic (exact) mass is 333 g/mol. The van der Waals surface area contributed by atoms with Crippen molar-refractivity contribution in [2.45, 2.75) is 90.0 Å². The number of rotatable bonds is 4. The molecule has 0 aromatic carbocycles. The van der Waals surface area contributed by atoms with Gasteiger partial charge in [-0.25, -0.2) is 5.06 Å². The zero-order chi connectivity index (χ0) is 17.4. The summed E-state index contributed by atoms with van der Waals surface area (Å²) in [5, 5.41) is 11.4. The molecule has 1 atom stereocenters. The number of hydrogen-bond acceptors (Lipinski definition) is 3. The lowest BCUT2D eigenvalue weighted by molar-refractivity contribution is -0.186. The number of ketones is 1.